The van der Waals surface area contributed by atoms with E-state index < -0.39 is 0 Å². The van der Waals surface area contributed by atoms with Gasteiger partial charge in [0.25, 0.3) is 0 Å². The summed E-state index contributed by atoms with van der Waals surface area (Å²) in [6.45, 7) is 4.23. The summed E-state index contributed by atoms with van der Waals surface area (Å²) in [7, 11) is 2.03. The number of benzene rings is 1. The van der Waals surface area contributed by atoms with Crippen molar-refractivity contribution in [2.45, 2.75) is 25.7 Å². The van der Waals surface area contributed by atoms with E-state index in [4.69, 9.17) is 4.74 Å². The van der Waals surface area contributed by atoms with E-state index in [1.54, 1.807) is 0 Å². The first-order chi connectivity index (χ1) is 7.85. The summed E-state index contributed by atoms with van der Waals surface area (Å²) in [6.07, 6.45) is 2.47. The van der Waals surface area contributed by atoms with Gasteiger partial charge in [-0.1, -0.05) is 31.5 Å². The number of para-hydroxylation sites is 1. The number of rotatable bonds is 5. The lowest BCUT2D eigenvalue weighted by atomic mass is 9.89. The van der Waals surface area contributed by atoms with Crippen molar-refractivity contribution in [2.75, 3.05) is 20.2 Å². The lowest BCUT2D eigenvalue weighted by Crippen LogP contribution is -2.20. The van der Waals surface area contributed by atoms with Gasteiger partial charge in [0.2, 0.25) is 0 Å². The van der Waals surface area contributed by atoms with Crippen LogP contribution < -0.4 is 10.1 Å². The zero-order valence-electron chi connectivity index (χ0n) is 10.2. The van der Waals surface area contributed by atoms with Crippen LogP contribution in [-0.2, 0) is 0 Å². The molecule has 2 atom stereocenters. The summed E-state index contributed by atoms with van der Waals surface area (Å²) in [5.41, 5.74) is 1.40. The highest BCUT2D eigenvalue weighted by Crippen LogP contribution is 2.37. The molecule has 1 heterocycles. The fraction of sp³-hybridized carbons (Fsp3) is 0.571. The molecule has 2 unspecified atom stereocenters. The monoisotopic (exact) mass is 219 g/mol. The number of fused-ring (bicyclic) bond motifs is 1. The van der Waals surface area contributed by atoms with Crippen molar-refractivity contribution in [3.05, 3.63) is 29.8 Å². The number of hydrogen-bond donors (Lipinski definition) is 1. The highest BCUT2D eigenvalue weighted by atomic mass is 16.5. The minimum absolute atomic E-state index is 0.592. The molecule has 2 heteroatoms. The molecule has 1 aromatic rings. The maximum Gasteiger partial charge on any atom is 0.122 e. The molecule has 0 fully saturated rings. The van der Waals surface area contributed by atoms with Gasteiger partial charge in [-0.05, 0) is 32.0 Å². The first kappa shape index (κ1) is 11.5. The first-order valence-corrected chi connectivity index (χ1v) is 6.21. The van der Waals surface area contributed by atoms with E-state index in [0.717, 1.165) is 24.8 Å². The Morgan fingerprint density at radius 3 is 3.00 bits per heavy atom. The van der Waals surface area contributed by atoms with E-state index in [1.807, 2.05) is 13.1 Å². The van der Waals surface area contributed by atoms with E-state index in [0.29, 0.717) is 5.92 Å². The van der Waals surface area contributed by atoms with Gasteiger partial charge in [-0.15, -0.1) is 0 Å². The summed E-state index contributed by atoms with van der Waals surface area (Å²) >= 11 is 0. The maximum atomic E-state index is 5.71. The molecular weight excluding hydrogens is 198 g/mol. The van der Waals surface area contributed by atoms with Gasteiger partial charge >= 0.3 is 0 Å². The van der Waals surface area contributed by atoms with E-state index in [2.05, 4.69) is 30.4 Å². The molecule has 0 saturated carbocycles. The zero-order chi connectivity index (χ0) is 11.4. The van der Waals surface area contributed by atoms with E-state index in [-0.39, 0.29) is 0 Å². The molecule has 0 bridgehead atoms. The molecule has 2 nitrogen and oxygen atoms in total. The van der Waals surface area contributed by atoms with Crippen LogP contribution in [0, 0.1) is 5.92 Å². The zero-order valence-corrected chi connectivity index (χ0v) is 10.2. The van der Waals surface area contributed by atoms with Gasteiger partial charge in [0, 0.05) is 11.5 Å². The third kappa shape index (κ3) is 2.38. The molecule has 1 aliphatic rings. The van der Waals surface area contributed by atoms with Crippen LogP contribution in [0.1, 0.15) is 31.2 Å². The van der Waals surface area contributed by atoms with Crippen LogP contribution in [0.4, 0.5) is 0 Å². The molecule has 0 aromatic heterocycles. The Kier molecular flexibility index (Phi) is 3.83. The van der Waals surface area contributed by atoms with Gasteiger partial charge in [0.15, 0.2) is 0 Å². The molecule has 0 spiro atoms. The molecule has 0 saturated heterocycles. The van der Waals surface area contributed by atoms with Gasteiger partial charge < -0.3 is 10.1 Å². The van der Waals surface area contributed by atoms with Crippen LogP contribution in [-0.4, -0.2) is 20.2 Å². The van der Waals surface area contributed by atoms with E-state index >= 15 is 0 Å². The molecule has 16 heavy (non-hydrogen) atoms. The van der Waals surface area contributed by atoms with E-state index in [1.165, 1.54) is 18.4 Å². The predicted octanol–water partition coefficient (Wildman–Crippen LogP) is 2.80. The second-order valence-corrected chi connectivity index (χ2v) is 4.61. The third-order valence-electron chi connectivity index (χ3n) is 3.49. The fourth-order valence-corrected chi connectivity index (χ4v) is 2.51. The minimum atomic E-state index is 0.592. The Hall–Kier alpha value is -1.02. The van der Waals surface area contributed by atoms with Crippen molar-refractivity contribution in [3.8, 4) is 5.75 Å². The van der Waals surface area contributed by atoms with Crippen LogP contribution in [0.3, 0.4) is 0 Å². The van der Waals surface area contributed by atoms with Crippen molar-refractivity contribution in [3.63, 3.8) is 0 Å². The van der Waals surface area contributed by atoms with Crippen LogP contribution in [0.15, 0.2) is 24.3 Å². The average molecular weight is 219 g/mol. The largest absolute Gasteiger partial charge is 0.493 e. The van der Waals surface area contributed by atoms with Gasteiger partial charge in [0.1, 0.15) is 5.75 Å². The van der Waals surface area contributed by atoms with Crippen LogP contribution >= 0.6 is 0 Å². The van der Waals surface area contributed by atoms with Gasteiger partial charge in [-0.3, -0.25) is 0 Å². The Labute approximate surface area is 98.0 Å². The lowest BCUT2D eigenvalue weighted by Gasteiger charge is -2.18. The van der Waals surface area contributed by atoms with Gasteiger partial charge in [0.05, 0.1) is 6.61 Å². The van der Waals surface area contributed by atoms with Crippen LogP contribution in [0.2, 0.25) is 0 Å². The Bertz CT molecular complexity index is 337. The van der Waals surface area contributed by atoms with Gasteiger partial charge in [-0.2, -0.15) is 0 Å². The second kappa shape index (κ2) is 5.35. The molecule has 1 aromatic carbocycles. The normalized spacial score (nSPS) is 20.2. The molecule has 2 rings (SSSR count). The highest BCUT2D eigenvalue weighted by molar-refractivity contribution is 5.39. The van der Waals surface area contributed by atoms with Gasteiger partial charge in [-0.25, -0.2) is 0 Å². The highest BCUT2D eigenvalue weighted by Gasteiger charge is 2.25. The molecule has 88 valence electrons. The van der Waals surface area contributed by atoms with Crippen molar-refractivity contribution >= 4 is 0 Å². The third-order valence-corrected chi connectivity index (χ3v) is 3.49. The topological polar surface area (TPSA) is 21.3 Å². The summed E-state index contributed by atoms with van der Waals surface area (Å²) in [5, 5.41) is 3.28. The van der Waals surface area contributed by atoms with Crippen LogP contribution in [0.25, 0.3) is 0 Å². The summed E-state index contributed by atoms with van der Waals surface area (Å²) < 4.78 is 5.71. The standard InChI is InChI=1S/C14H21NO/c1-3-11(9-15-2)8-12-10-16-14-7-5-4-6-13(12)14/h4-7,11-12,15H,3,8-10H2,1-2H3. The predicted molar refractivity (Wildman–Crippen MR) is 67.0 cm³/mol. The van der Waals surface area contributed by atoms with Crippen molar-refractivity contribution in [1.29, 1.82) is 0 Å². The summed E-state index contributed by atoms with van der Waals surface area (Å²) in [5.74, 6) is 2.44. The van der Waals surface area contributed by atoms with Crippen molar-refractivity contribution in [2.24, 2.45) is 5.92 Å². The van der Waals surface area contributed by atoms with Crippen molar-refractivity contribution in [1.82, 2.24) is 5.32 Å². The number of ether oxygens (including phenoxy) is 1. The Balaban J connectivity index is 2.02. The summed E-state index contributed by atoms with van der Waals surface area (Å²) in [4.78, 5) is 0. The minimum Gasteiger partial charge on any atom is -0.493 e. The Morgan fingerprint density at radius 1 is 1.44 bits per heavy atom. The smallest absolute Gasteiger partial charge is 0.122 e. The SMILES string of the molecule is CCC(CNC)CC1COc2ccccc21. The molecule has 0 amide bonds. The second-order valence-electron chi connectivity index (χ2n) is 4.61. The fourth-order valence-electron chi connectivity index (χ4n) is 2.51. The molecule has 0 radical (unpaired) electrons. The van der Waals surface area contributed by atoms with Crippen LogP contribution in [0.5, 0.6) is 5.75 Å². The summed E-state index contributed by atoms with van der Waals surface area (Å²) in [6, 6.07) is 8.44. The lowest BCUT2D eigenvalue weighted by molar-refractivity contribution is 0.301. The first-order valence-electron chi connectivity index (χ1n) is 6.21. The number of nitrogens with one attached hydrogen (secondary N) is 1. The van der Waals surface area contributed by atoms with E-state index in [9.17, 15) is 0 Å². The molecule has 0 aliphatic carbocycles. The maximum absolute atomic E-state index is 5.71. The Morgan fingerprint density at radius 2 is 2.25 bits per heavy atom. The molecule has 1 aliphatic heterocycles. The number of hydrogen-bond acceptors (Lipinski definition) is 2. The molecular formula is C14H21NO. The average Bonchev–Trinajstić information content (AvgIpc) is 2.72. The van der Waals surface area contributed by atoms with Crippen molar-refractivity contribution < 1.29 is 4.74 Å². The quantitative estimate of drug-likeness (QED) is 0.822. The molecule has 1 N–H and O–H groups in total.